The standard InChI is InChI=1S/C22H19NO3/c1-23(17-12-14-18(26-2)15-13-17)22(25)20-11-7-6-10-19(20)21(24)16-8-4-3-5-9-16/h3-15H,1-2H3. The van der Waals surface area contributed by atoms with Crippen LogP contribution >= 0.6 is 0 Å². The zero-order valence-electron chi connectivity index (χ0n) is 14.7. The summed E-state index contributed by atoms with van der Waals surface area (Å²) in [5.41, 5.74) is 2.04. The van der Waals surface area contributed by atoms with E-state index in [0.29, 0.717) is 22.4 Å². The van der Waals surface area contributed by atoms with E-state index in [2.05, 4.69) is 0 Å². The SMILES string of the molecule is COc1ccc(N(C)C(=O)c2ccccc2C(=O)c2ccccc2)cc1. The summed E-state index contributed by atoms with van der Waals surface area (Å²) in [4.78, 5) is 27.3. The highest BCUT2D eigenvalue weighted by atomic mass is 16.5. The molecular weight excluding hydrogens is 326 g/mol. The Morgan fingerprint density at radius 1 is 0.769 bits per heavy atom. The molecule has 1 amide bonds. The van der Waals surface area contributed by atoms with Crippen LogP contribution in [0.4, 0.5) is 5.69 Å². The molecule has 130 valence electrons. The molecule has 3 aromatic rings. The van der Waals surface area contributed by atoms with Gasteiger partial charge in [-0.25, -0.2) is 0 Å². The molecule has 26 heavy (non-hydrogen) atoms. The van der Waals surface area contributed by atoms with Gasteiger partial charge in [0.05, 0.1) is 12.7 Å². The zero-order valence-corrected chi connectivity index (χ0v) is 14.7. The van der Waals surface area contributed by atoms with Gasteiger partial charge in [-0.15, -0.1) is 0 Å². The van der Waals surface area contributed by atoms with E-state index in [1.165, 1.54) is 4.90 Å². The third kappa shape index (κ3) is 3.49. The summed E-state index contributed by atoms with van der Waals surface area (Å²) in [7, 11) is 3.28. The molecule has 4 nitrogen and oxygen atoms in total. The molecule has 0 heterocycles. The first-order chi connectivity index (χ1) is 12.6. The summed E-state index contributed by atoms with van der Waals surface area (Å²) >= 11 is 0. The average molecular weight is 345 g/mol. The molecule has 0 aromatic heterocycles. The van der Waals surface area contributed by atoms with Gasteiger partial charge in [0.15, 0.2) is 5.78 Å². The monoisotopic (exact) mass is 345 g/mol. The molecule has 0 radical (unpaired) electrons. The predicted molar refractivity (Wildman–Crippen MR) is 102 cm³/mol. The van der Waals surface area contributed by atoms with E-state index < -0.39 is 0 Å². The van der Waals surface area contributed by atoms with Crippen LogP contribution in [0, 0.1) is 0 Å². The highest BCUT2D eigenvalue weighted by molar-refractivity contribution is 6.18. The smallest absolute Gasteiger partial charge is 0.258 e. The Morgan fingerprint density at radius 2 is 1.35 bits per heavy atom. The Hall–Kier alpha value is -3.40. The van der Waals surface area contributed by atoms with Gasteiger partial charge in [-0.3, -0.25) is 9.59 Å². The molecule has 0 unspecified atom stereocenters. The number of hydrogen-bond donors (Lipinski definition) is 0. The second-order valence-electron chi connectivity index (χ2n) is 5.80. The topological polar surface area (TPSA) is 46.6 Å². The second-order valence-corrected chi connectivity index (χ2v) is 5.80. The van der Waals surface area contributed by atoms with Crippen molar-refractivity contribution in [3.8, 4) is 5.75 Å². The molecule has 3 aromatic carbocycles. The molecule has 0 saturated heterocycles. The maximum Gasteiger partial charge on any atom is 0.258 e. The van der Waals surface area contributed by atoms with Gasteiger partial charge in [-0.2, -0.15) is 0 Å². The van der Waals surface area contributed by atoms with E-state index in [1.54, 1.807) is 87.0 Å². The van der Waals surface area contributed by atoms with Gasteiger partial charge in [0.25, 0.3) is 5.91 Å². The second kappa shape index (κ2) is 7.66. The minimum absolute atomic E-state index is 0.169. The molecule has 0 bridgehead atoms. The number of carbonyl (C=O) groups is 2. The largest absolute Gasteiger partial charge is 0.497 e. The number of ether oxygens (including phenoxy) is 1. The Balaban J connectivity index is 1.93. The normalized spacial score (nSPS) is 10.2. The number of rotatable bonds is 5. The maximum atomic E-state index is 13.0. The van der Waals surface area contributed by atoms with Crippen molar-refractivity contribution < 1.29 is 14.3 Å². The third-order valence-corrected chi connectivity index (χ3v) is 4.20. The van der Waals surface area contributed by atoms with E-state index in [9.17, 15) is 9.59 Å². The molecule has 0 fully saturated rings. The van der Waals surface area contributed by atoms with Crippen molar-refractivity contribution >= 4 is 17.4 Å². The lowest BCUT2D eigenvalue weighted by Gasteiger charge is -2.19. The molecule has 0 N–H and O–H groups in total. The average Bonchev–Trinajstić information content (AvgIpc) is 2.73. The fourth-order valence-corrected chi connectivity index (χ4v) is 2.72. The molecule has 4 heteroatoms. The first-order valence-electron chi connectivity index (χ1n) is 8.22. The molecule has 0 spiro atoms. The number of benzene rings is 3. The molecule has 0 atom stereocenters. The fourth-order valence-electron chi connectivity index (χ4n) is 2.72. The van der Waals surface area contributed by atoms with Crippen LogP contribution in [-0.4, -0.2) is 25.8 Å². The van der Waals surface area contributed by atoms with E-state index in [1.807, 2.05) is 6.07 Å². The van der Waals surface area contributed by atoms with Crippen LogP contribution in [-0.2, 0) is 0 Å². The zero-order chi connectivity index (χ0) is 18.5. The maximum absolute atomic E-state index is 13.0. The molecule has 0 saturated carbocycles. The Morgan fingerprint density at radius 3 is 1.96 bits per heavy atom. The van der Waals surface area contributed by atoms with Crippen molar-refractivity contribution in [2.75, 3.05) is 19.1 Å². The van der Waals surface area contributed by atoms with Crippen molar-refractivity contribution in [1.82, 2.24) is 0 Å². The van der Waals surface area contributed by atoms with Crippen molar-refractivity contribution in [2.24, 2.45) is 0 Å². The lowest BCUT2D eigenvalue weighted by atomic mass is 9.97. The van der Waals surface area contributed by atoms with Crippen LogP contribution < -0.4 is 9.64 Å². The summed E-state index contributed by atoms with van der Waals surface area (Å²) in [6.45, 7) is 0. The highest BCUT2D eigenvalue weighted by Gasteiger charge is 2.21. The number of anilines is 1. The Kier molecular flexibility index (Phi) is 5.13. The predicted octanol–water partition coefficient (Wildman–Crippen LogP) is 4.20. The van der Waals surface area contributed by atoms with Crippen LogP contribution in [0.15, 0.2) is 78.9 Å². The first kappa shape index (κ1) is 17.4. The lowest BCUT2D eigenvalue weighted by molar-refractivity contribution is 0.0976. The van der Waals surface area contributed by atoms with E-state index in [4.69, 9.17) is 4.74 Å². The van der Waals surface area contributed by atoms with Gasteiger partial charge in [-0.1, -0.05) is 48.5 Å². The van der Waals surface area contributed by atoms with Gasteiger partial charge in [0.1, 0.15) is 5.75 Å². The van der Waals surface area contributed by atoms with E-state index in [-0.39, 0.29) is 11.7 Å². The minimum Gasteiger partial charge on any atom is -0.497 e. The minimum atomic E-state index is -0.241. The first-order valence-corrected chi connectivity index (χ1v) is 8.22. The fraction of sp³-hybridized carbons (Fsp3) is 0.0909. The molecule has 0 aliphatic carbocycles. The summed E-state index contributed by atoms with van der Waals surface area (Å²) < 4.78 is 5.15. The van der Waals surface area contributed by atoms with Gasteiger partial charge < -0.3 is 9.64 Å². The van der Waals surface area contributed by atoms with Gasteiger partial charge >= 0.3 is 0 Å². The van der Waals surface area contributed by atoms with Crippen LogP contribution in [0.1, 0.15) is 26.3 Å². The number of nitrogens with zero attached hydrogens (tertiary/aromatic N) is 1. The number of hydrogen-bond acceptors (Lipinski definition) is 3. The van der Waals surface area contributed by atoms with Crippen molar-refractivity contribution in [2.45, 2.75) is 0 Å². The molecule has 0 aliphatic rings. The van der Waals surface area contributed by atoms with Gasteiger partial charge in [0, 0.05) is 23.9 Å². The molecular formula is C22H19NO3. The van der Waals surface area contributed by atoms with Crippen LogP contribution in [0.25, 0.3) is 0 Å². The summed E-state index contributed by atoms with van der Waals surface area (Å²) in [5, 5.41) is 0. The molecule has 3 rings (SSSR count). The number of methoxy groups -OCH3 is 1. The summed E-state index contributed by atoms with van der Waals surface area (Å²) in [6.07, 6.45) is 0. The Labute approximate surface area is 152 Å². The lowest BCUT2D eigenvalue weighted by Crippen LogP contribution is -2.28. The third-order valence-electron chi connectivity index (χ3n) is 4.20. The van der Waals surface area contributed by atoms with Gasteiger partial charge in [-0.05, 0) is 30.3 Å². The van der Waals surface area contributed by atoms with Crippen LogP contribution in [0.2, 0.25) is 0 Å². The summed E-state index contributed by atoms with van der Waals surface area (Å²) in [6, 6.07) is 23.0. The number of amides is 1. The highest BCUT2D eigenvalue weighted by Crippen LogP contribution is 2.22. The van der Waals surface area contributed by atoms with E-state index >= 15 is 0 Å². The molecule has 0 aliphatic heterocycles. The number of ketones is 1. The summed E-state index contributed by atoms with van der Waals surface area (Å²) in [5.74, 6) is 0.307. The number of carbonyl (C=O) groups excluding carboxylic acids is 2. The Bertz CT molecular complexity index is 918. The van der Waals surface area contributed by atoms with Crippen molar-refractivity contribution in [3.05, 3.63) is 95.6 Å². The van der Waals surface area contributed by atoms with Gasteiger partial charge in [0.2, 0.25) is 0 Å². The quantitative estimate of drug-likeness (QED) is 0.651. The van der Waals surface area contributed by atoms with Crippen molar-refractivity contribution in [1.29, 1.82) is 0 Å². The van der Waals surface area contributed by atoms with Crippen molar-refractivity contribution in [3.63, 3.8) is 0 Å². The van der Waals surface area contributed by atoms with Crippen LogP contribution in [0.5, 0.6) is 5.75 Å². The van der Waals surface area contributed by atoms with E-state index in [0.717, 1.165) is 5.69 Å². The van der Waals surface area contributed by atoms with Crippen LogP contribution in [0.3, 0.4) is 0 Å².